The Hall–Kier alpha value is -1.20. The highest BCUT2D eigenvalue weighted by Crippen LogP contribution is 1.85. The summed E-state index contributed by atoms with van der Waals surface area (Å²) in [4.78, 5) is 0. The van der Waals surface area contributed by atoms with Crippen LogP contribution in [0, 0.1) is 0 Å². The van der Waals surface area contributed by atoms with E-state index in [1.807, 2.05) is 6.07 Å². The average molecular weight is 414 g/mol. The normalized spacial score (nSPS) is 10.3. The van der Waals surface area contributed by atoms with E-state index in [2.05, 4.69) is 36.0 Å². The van der Waals surface area contributed by atoms with E-state index in [0.717, 1.165) is 6.54 Å². The van der Waals surface area contributed by atoms with Crippen LogP contribution in [0.25, 0.3) is 0 Å². The molecule has 0 fully saturated rings. The summed E-state index contributed by atoms with van der Waals surface area (Å²) in [5, 5.41) is 0. The minimum atomic E-state index is -4.67. The van der Waals surface area contributed by atoms with Gasteiger partial charge in [0.1, 0.15) is 6.54 Å². The predicted molar refractivity (Wildman–Crippen MR) is 82.8 cm³/mol. The standard InChI is InChI=1S/C9H14N.2H2O4S.H2O3S/c1-2-3-7-10-8-5-4-6-9-10;2*1-5(2,3)4;1-4(2)3/h4-6,8-9H,2-3,7H2,1H3;2*(H2,1,2,3,4);4H,(H,1,2,3)/q+1;;;. The number of aromatic nitrogens is 1. The molecule has 0 atom stereocenters. The van der Waals surface area contributed by atoms with Crippen LogP contribution in [-0.4, -0.2) is 48.0 Å². The van der Waals surface area contributed by atoms with Crippen molar-refractivity contribution >= 4 is 31.8 Å². The Labute approximate surface area is 141 Å². The second-order valence-electron chi connectivity index (χ2n) is 3.60. The third-order valence-electron chi connectivity index (χ3n) is 1.55. The van der Waals surface area contributed by atoms with Gasteiger partial charge < -0.3 is 0 Å². The highest BCUT2D eigenvalue weighted by atomic mass is 32.3. The highest BCUT2D eigenvalue weighted by molar-refractivity contribution is 7.80. The quantitative estimate of drug-likeness (QED) is 0.212. The SMILES string of the molecule is CCCC[n+]1ccccc1.O=S(=O)(O)O.O=S(=O)(O)O.O=[SH](=O)O. The first-order valence-electron chi connectivity index (χ1n) is 5.84. The van der Waals surface area contributed by atoms with Crippen molar-refractivity contribution in [2.45, 2.75) is 26.3 Å². The lowest BCUT2D eigenvalue weighted by atomic mass is 10.3. The van der Waals surface area contributed by atoms with E-state index >= 15 is 0 Å². The van der Waals surface area contributed by atoms with Gasteiger partial charge in [0.25, 0.3) is 11.0 Å². The van der Waals surface area contributed by atoms with Crippen LogP contribution in [0.3, 0.4) is 0 Å². The van der Waals surface area contributed by atoms with Gasteiger partial charge >= 0.3 is 20.8 Å². The van der Waals surface area contributed by atoms with Crippen molar-refractivity contribution in [3.8, 4) is 0 Å². The topological polar surface area (TPSA) is 207 Å². The minimum Gasteiger partial charge on any atom is -0.288 e. The molecule has 15 heteroatoms. The molecular weight excluding hydrogens is 394 g/mol. The molecule has 5 N–H and O–H groups in total. The molecule has 0 saturated heterocycles. The Morgan fingerprint density at radius 3 is 1.42 bits per heavy atom. The molecular formula is C9H20NO11S3+. The molecule has 144 valence electrons. The molecule has 1 rings (SSSR count). The average Bonchev–Trinajstić information content (AvgIpc) is 2.33. The van der Waals surface area contributed by atoms with Crippen LogP contribution < -0.4 is 4.57 Å². The lowest BCUT2D eigenvalue weighted by Crippen LogP contribution is -2.31. The van der Waals surface area contributed by atoms with Gasteiger partial charge in [-0.2, -0.15) is 16.8 Å². The molecule has 0 aromatic carbocycles. The molecule has 0 radical (unpaired) electrons. The molecule has 0 amide bonds. The summed E-state index contributed by atoms with van der Waals surface area (Å²) in [7, 11) is -12.5. The maximum absolute atomic E-state index is 8.74. The Balaban J connectivity index is -0.000000270. The Morgan fingerprint density at radius 2 is 1.17 bits per heavy atom. The van der Waals surface area contributed by atoms with Gasteiger partial charge in [-0.05, 0) is 0 Å². The van der Waals surface area contributed by atoms with Crippen LogP contribution in [0.4, 0.5) is 0 Å². The van der Waals surface area contributed by atoms with E-state index in [-0.39, 0.29) is 0 Å². The van der Waals surface area contributed by atoms with Gasteiger partial charge in [-0.15, -0.1) is 0 Å². The third kappa shape index (κ3) is 69.9. The molecule has 1 heterocycles. The summed E-state index contributed by atoms with van der Waals surface area (Å²) in [5.41, 5.74) is 0. The number of pyridine rings is 1. The van der Waals surface area contributed by atoms with Crippen LogP contribution in [0.1, 0.15) is 19.8 Å². The predicted octanol–water partition coefficient (Wildman–Crippen LogP) is -0.461. The van der Waals surface area contributed by atoms with Crippen LogP contribution >= 0.6 is 0 Å². The molecule has 0 aliphatic heterocycles. The molecule has 0 saturated carbocycles. The van der Waals surface area contributed by atoms with Crippen LogP contribution in [0.2, 0.25) is 0 Å². The first-order chi connectivity index (χ1) is 10.7. The molecule has 0 aliphatic rings. The number of nitrogens with zero attached hydrogens (tertiary/aromatic N) is 1. The van der Waals surface area contributed by atoms with E-state index in [1.165, 1.54) is 12.8 Å². The summed E-state index contributed by atoms with van der Waals surface area (Å²) in [6.45, 7) is 3.36. The Morgan fingerprint density at radius 1 is 0.875 bits per heavy atom. The van der Waals surface area contributed by atoms with Gasteiger partial charge in [-0.1, -0.05) is 19.4 Å². The maximum atomic E-state index is 8.74. The smallest absolute Gasteiger partial charge is 0.288 e. The lowest BCUT2D eigenvalue weighted by Gasteiger charge is -1.91. The summed E-state index contributed by atoms with van der Waals surface area (Å²) < 4.78 is 89.6. The van der Waals surface area contributed by atoms with Crippen molar-refractivity contribution in [2.75, 3.05) is 0 Å². The monoisotopic (exact) mass is 414 g/mol. The van der Waals surface area contributed by atoms with E-state index < -0.39 is 31.8 Å². The van der Waals surface area contributed by atoms with Crippen molar-refractivity contribution in [1.82, 2.24) is 0 Å². The number of hydrogen-bond donors (Lipinski definition) is 6. The van der Waals surface area contributed by atoms with E-state index in [0.29, 0.717) is 0 Å². The first kappa shape index (κ1) is 27.6. The van der Waals surface area contributed by atoms with Crippen LogP contribution in [0.5, 0.6) is 0 Å². The van der Waals surface area contributed by atoms with Gasteiger partial charge in [0.15, 0.2) is 12.4 Å². The van der Waals surface area contributed by atoms with E-state index in [4.69, 9.17) is 48.0 Å². The molecule has 0 spiro atoms. The number of hydrogen-bond acceptors (Lipinski definition) is 6. The van der Waals surface area contributed by atoms with E-state index in [1.54, 1.807) is 0 Å². The largest absolute Gasteiger partial charge is 0.394 e. The minimum absolute atomic E-state index is 1.15. The molecule has 1 aromatic heterocycles. The van der Waals surface area contributed by atoms with Gasteiger partial charge in [-0.25, -0.2) is 13.0 Å². The number of thiol groups is 1. The zero-order chi connectivity index (χ0) is 19.8. The van der Waals surface area contributed by atoms with Crippen molar-refractivity contribution in [1.29, 1.82) is 0 Å². The fourth-order valence-corrected chi connectivity index (χ4v) is 0.924. The molecule has 0 unspecified atom stereocenters. The fourth-order valence-electron chi connectivity index (χ4n) is 0.924. The van der Waals surface area contributed by atoms with Crippen molar-refractivity contribution < 1.29 is 52.6 Å². The summed E-state index contributed by atoms with van der Waals surface area (Å²) in [6.07, 6.45) is 6.75. The van der Waals surface area contributed by atoms with Crippen LogP contribution in [0.15, 0.2) is 30.6 Å². The van der Waals surface area contributed by atoms with Crippen molar-refractivity contribution in [2.24, 2.45) is 0 Å². The second kappa shape index (κ2) is 15.3. The zero-order valence-corrected chi connectivity index (χ0v) is 14.9. The maximum Gasteiger partial charge on any atom is 0.394 e. The number of rotatable bonds is 3. The van der Waals surface area contributed by atoms with Gasteiger partial charge in [-0.3, -0.25) is 22.8 Å². The molecule has 24 heavy (non-hydrogen) atoms. The molecule has 0 aliphatic carbocycles. The third-order valence-corrected chi connectivity index (χ3v) is 1.55. The van der Waals surface area contributed by atoms with E-state index in [9.17, 15) is 0 Å². The summed E-state index contributed by atoms with van der Waals surface area (Å²) >= 11 is 0. The molecule has 1 aromatic rings. The first-order valence-corrected chi connectivity index (χ1v) is 9.76. The molecule has 0 bridgehead atoms. The number of unbranched alkanes of at least 4 members (excludes halogenated alkanes) is 1. The van der Waals surface area contributed by atoms with Gasteiger partial charge in [0, 0.05) is 18.6 Å². The zero-order valence-electron chi connectivity index (χ0n) is 12.4. The van der Waals surface area contributed by atoms with Crippen molar-refractivity contribution in [3.05, 3.63) is 30.6 Å². The molecule has 12 nitrogen and oxygen atoms in total. The van der Waals surface area contributed by atoms with Gasteiger partial charge in [0.05, 0.1) is 0 Å². The highest BCUT2D eigenvalue weighted by Gasteiger charge is 1.93. The fraction of sp³-hybridized carbons (Fsp3) is 0.444. The van der Waals surface area contributed by atoms with Crippen molar-refractivity contribution in [3.63, 3.8) is 0 Å². The lowest BCUT2D eigenvalue weighted by molar-refractivity contribution is -0.697. The summed E-state index contributed by atoms with van der Waals surface area (Å²) in [5.74, 6) is 0. The Bertz CT molecular complexity index is 629. The number of aryl methyl sites for hydroxylation is 1. The summed E-state index contributed by atoms with van der Waals surface area (Å²) in [6, 6.07) is 6.17. The van der Waals surface area contributed by atoms with Crippen LogP contribution in [-0.2, 0) is 38.3 Å². The Kier molecular flexibility index (Phi) is 17.7. The second-order valence-corrected chi connectivity index (χ2v) is 5.87. The van der Waals surface area contributed by atoms with Gasteiger partial charge in [0.2, 0.25) is 0 Å².